The van der Waals surface area contributed by atoms with E-state index in [1.165, 1.54) is 29.0 Å². The third-order valence-electron chi connectivity index (χ3n) is 3.55. The maximum absolute atomic E-state index is 13.7. The van der Waals surface area contributed by atoms with Crippen molar-refractivity contribution in [3.8, 4) is 0 Å². The monoisotopic (exact) mass is 408 g/mol. The molecule has 1 aromatic heterocycles. The molecule has 0 radical (unpaired) electrons. The average molecular weight is 409 g/mol. The maximum Gasteiger partial charge on any atom is 0.267 e. The van der Waals surface area contributed by atoms with Gasteiger partial charge in [-0.15, -0.1) is 0 Å². The highest BCUT2D eigenvalue weighted by Gasteiger charge is 2.11. The van der Waals surface area contributed by atoms with Crippen LogP contribution in [0.4, 0.5) is 24.5 Å². The van der Waals surface area contributed by atoms with Crippen molar-refractivity contribution in [3.05, 3.63) is 92.6 Å². The van der Waals surface area contributed by atoms with Crippen LogP contribution in [-0.4, -0.2) is 4.57 Å². The van der Waals surface area contributed by atoms with Crippen molar-refractivity contribution in [1.29, 1.82) is 0 Å². The predicted octanol–water partition coefficient (Wildman–Crippen LogP) is 4.82. The van der Waals surface area contributed by atoms with E-state index >= 15 is 0 Å². The zero-order chi connectivity index (χ0) is 18.0. The van der Waals surface area contributed by atoms with Gasteiger partial charge in [0.05, 0.1) is 17.9 Å². The van der Waals surface area contributed by atoms with Crippen molar-refractivity contribution in [2.45, 2.75) is 6.54 Å². The molecule has 3 rings (SSSR count). The number of hydrogen-bond donors (Lipinski definition) is 1. The number of hydrogen-bond acceptors (Lipinski definition) is 2. The minimum absolute atomic E-state index is 0.0457. The molecule has 25 heavy (non-hydrogen) atoms. The molecule has 0 fully saturated rings. The van der Waals surface area contributed by atoms with Crippen molar-refractivity contribution in [1.82, 2.24) is 4.57 Å². The molecular formula is C18H12BrF3N2O. The van der Waals surface area contributed by atoms with Gasteiger partial charge in [-0.3, -0.25) is 4.79 Å². The van der Waals surface area contributed by atoms with Gasteiger partial charge in [-0.1, -0.05) is 12.1 Å². The molecule has 128 valence electrons. The summed E-state index contributed by atoms with van der Waals surface area (Å²) >= 11 is 3.19. The zero-order valence-corrected chi connectivity index (χ0v) is 14.4. The normalized spacial score (nSPS) is 10.7. The Morgan fingerprint density at radius 2 is 1.72 bits per heavy atom. The van der Waals surface area contributed by atoms with Crippen LogP contribution < -0.4 is 10.9 Å². The van der Waals surface area contributed by atoms with Crippen LogP contribution in [0.2, 0.25) is 0 Å². The number of anilines is 2. The second-order valence-corrected chi connectivity index (χ2v) is 6.15. The van der Waals surface area contributed by atoms with Gasteiger partial charge in [-0.25, -0.2) is 13.2 Å². The molecule has 1 N–H and O–H groups in total. The summed E-state index contributed by atoms with van der Waals surface area (Å²) in [5, 5.41) is 2.75. The van der Waals surface area contributed by atoms with Gasteiger partial charge in [0, 0.05) is 12.3 Å². The highest BCUT2D eigenvalue weighted by Crippen LogP contribution is 2.25. The van der Waals surface area contributed by atoms with E-state index < -0.39 is 11.6 Å². The largest absolute Gasteiger partial charge is 0.352 e. The molecule has 0 bridgehead atoms. The van der Waals surface area contributed by atoms with Gasteiger partial charge in [0.15, 0.2) is 0 Å². The fraction of sp³-hybridized carbons (Fsp3) is 0.0556. The van der Waals surface area contributed by atoms with Crippen molar-refractivity contribution in [3.63, 3.8) is 0 Å². The first kappa shape index (κ1) is 17.3. The van der Waals surface area contributed by atoms with Gasteiger partial charge >= 0.3 is 0 Å². The Morgan fingerprint density at radius 1 is 0.960 bits per heavy atom. The van der Waals surface area contributed by atoms with Crippen LogP contribution in [0, 0.1) is 17.5 Å². The Balaban J connectivity index is 1.89. The van der Waals surface area contributed by atoms with E-state index in [9.17, 15) is 18.0 Å². The first-order chi connectivity index (χ1) is 11.9. The number of pyridine rings is 1. The molecule has 2 aromatic carbocycles. The third-order valence-corrected chi connectivity index (χ3v) is 4.32. The van der Waals surface area contributed by atoms with Crippen LogP contribution in [0.25, 0.3) is 0 Å². The zero-order valence-electron chi connectivity index (χ0n) is 12.8. The quantitative estimate of drug-likeness (QED) is 0.671. The molecule has 0 saturated carbocycles. The Labute approximate surface area is 149 Å². The Hall–Kier alpha value is -2.54. The Bertz CT molecular complexity index is 988. The molecule has 0 atom stereocenters. The van der Waals surface area contributed by atoms with E-state index in [-0.39, 0.29) is 28.1 Å². The molecule has 3 aromatic rings. The lowest BCUT2D eigenvalue weighted by atomic mass is 10.2. The lowest BCUT2D eigenvalue weighted by Crippen LogP contribution is -2.21. The van der Waals surface area contributed by atoms with E-state index in [1.807, 2.05) is 0 Å². The van der Waals surface area contributed by atoms with Gasteiger partial charge in [0.2, 0.25) is 0 Å². The predicted molar refractivity (Wildman–Crippen MR) is 93.5 cm³/mol. The SMILES string of the molecule is O=c1c(Br)c(Nc2ccc(F)cc2F)ccn1Cc1cccc(F)c1. The molecule has 3 nitrogen and oxygen atoms in total. The summed E-state index contributed by atoms with van der Waals surface area (Å²) in [6.45, 7) is 0.195. The van der Waals surface area contributed by atoms with Crippen LogP contribution >= 0.6 is 15.9 Å². The summed E-state index contributed by atoms with van der Waals surface area (Å²) in [7, 11) is 0. The van der Waals surface area contributed by atoms with Crippen molar-refractivity contribution < 1.29 is 13.2 Å². The number of benzene rings is 2. The van der Waals surface area contributed by atoms with E-state index in [1.54, 1.807) is 18.2 Å². The molecule has 0 unspecified atom stereocenters. The highest BCUT2D eigenvalue weighted by atomic mass is 79.9. The molecule has 0 saturated heterocycles. The summed E-state index contributed by atoms with van der Waals surface area (Å²) in [6, 6.07) is 10.6. The van der Waals surface area contributed by atoms with E-state index in [2.05, 4.69) is 21.2 Å². The maximum atomic E-state index is 13.7. The van der Waals surface area contributed by atoms with E-state index in [4.69, 9.17) is 0 Å². The lowest BCUT2D eigenvalue weighted by Gasteiger charge is -2.12. The summed E-state index contributed by atoms with van der Waals surface area (Å²) in [5.74, 6) is -1.84. The first-order valence-corrected chi connectivity index (χ1v) is 8.09. The minimum Gasteiger partial charge on any atom is -0.352 e. The molecule has 0 aliphatic rings. The van der Waals surface area contributed by atoms with Crippen LogP contribution in [-0.2, 0) is 6.54 Å². The van der Waals surface area contributed by atoms with Gasteiger partial charge in [0.25, 0.3) is 5.56 Å². The number of nitrogens with zero attached hydrogens (tertiary/aromatic N) is 1. The topological polar surface area (TPSA) is 34.0 Å². The number of nitrogens with one attached hydrogen (secondary N) is 1. The van der Waals surface area contributed by atoms with Gasteiger partial charge in [-0.2, -0.15) is 0 Å². The third kappa shape index (κ3) is 3.93. The number of aromatic nitrogens is 1. The average Bonchev–Trinajstić information content (AvgIpc) is 2.57. The van der Waals surface area contributed by atoms with Crippen LogP contribution in [0.1, 0.15) is 5.56 Å². The molecule has 0 amide bonds. The molecule has 7 heteroatoms. The summed E-state index contributed by atoms with van der Waals surface area (Å²) in [6.07, 6.45) is 1.52. The van der Waals surface area contributed by atoms with Crippen molar-refractivity contribution >= 4 is 27.3 Å². The summed E-state index contributed by atoms with van der Waals surface area (Å²) in [4.78, 5) is 12.4. The molecular weight excluding hydrogens is 397 g/mol. The van der Waals surface area contributed by atoms with Crippen molar-refractivity contribution in [2.75, 3.05) is 5.32 Å². The smallest absolute Gasteiger partial charge is 0.267 e. The summed E-state index contributed by atoms with van der Waals surface area (Å²) in [5.41, 5.74) is 0.659. The van der Waals surface area contributed by atoms with E-state index in [0.29, 0.717) is 11.3 Å². The minimum atomic E-state index is -0.768. The van der Waals surface area contributed by atoms with E-state index in [0.717, 1.165) is 12.1 Å². The van der Waals surface area contributed by atoms with Crippen LogP contribution in [0.5, 0.6) is 0 Å². The Morgan fingerprint density at radius 3 is 2.44 bits per heavy atom. The number of rotatable bonds is 4. The Kier molecular flexibility index (Phi) is 4.94. The molecule has 0 aliphatic carbocycles. The fourth-order valence-corrected chi connectivity index (χ4v) is 2.79. The highest BCUT2D eigenvalue weighted by molar-refractivity contribution is 9.10. The molecule has 0 spiro atoms. The van der Waals surface area contributed by atoms with Crippen LogP contribution in [0.15, 0.2) is 64.0 Å². The number of halogens is 4. The standard InChI is InChI=1S/C18H12BrF3N2O/c19-17-16(23-15-5-4-13(21)9-14(15)22)6-7-24(18(17)25)10-11-2-1-3-12(20)8-11/h1-9,23H,10H2. The fourth-order valence-electron chi connectivity index (χ4n) is 2.34. The van der Waals surface area contributed by atoms with Gasteiger partial charge < -0.3 is 9.88 Å². The second kappa shape index (κ2) is 7.14. The summed E-state index contributed by atoms with van der Waals surface area (Å²) < 4.78 is 41.5. The van der Waals surface area contributed by atoms with Crippen molar-refractivity contribution in [2.24, 2.45) is 0 Å². The molecule has 1 heterocycles. The van der Waals surface area contributed by atoms with Gasteiger partial charge in [-0.05, 0) is 51.8 Å². The first-order valence-electron chi connectivity index (χ1n) is 7.29. The van der Waals surface area contributed by atoms with Crippen LogP contribution in [0.3, 0.4) is 0 Å². The lowest BCUT2D eigenvalue weighted by molar-refractivity contribution is 0.586. The molecule has 0 aliphatic heterocycles. The van der Waals surface area contributed by atoms with Gasteiger partial charge in [0.1, 0.15) is 21.9 Å². The second-order valence-electron chi connectivity index (χ2n) is 5.36.